The molecule has 0 spiro atoms. The molecule has 0 saturated carbocycles. The molecule has 0 bridgehead atoms. The molecule has 1 rings (SSSR count). The highest BCUT2D eigenvalue weighted by molar-refractivity contribution is 6.30. The van der Waals surface area contributed by atoms with Gasteiger partial charge in [0, 0.05) is 5.02 Å². The van der Waals surface area contributed by atoms with Crippen molar-refractivity contribution >= 4 is 11.6 Å². The van der Waals surface area contributed by atoms with E-state index in [9.17, 15) is 18.3 Å². The van der Waals surface area contributed by atoms with Crippen molar-refractivity contribution in [2.45, 2.75) is 18.6 Å². The Morgan fingerprint density at radius 3 is 2.53 bits per heavy atom. The van der Waals surface area contributed by atoms with Crippen molar-refractivity contribution < 1.29 is 18.3 Å². The molecule has 2 nitrogen and oxygen atoms in total. The first-order valence-electron chi connectivity index (χ1n) is 4.10. The van der Waals surface area contributed by atoms with Gasteiger partial charge in [-0.3, -0.25) is 0 Å². The minimum Gasteiger partial charge on any atom is -0.508 e. The van der Waals surface area contributed by atoms with Crippen LogP contribution in [0.25, 0.3) is 0 Å². The van der Waals surface area contributed by atoms with Gasteiger partial charge in [-0.25, -0.2) is 0 Å². The molecule has 0 radical (unpaired) electrons. The zero-order valence-electron chi connectivity index (χ0n) is 7.55. The number of aromatic hydroxyl groups is 1. The minimum absolute atomic E-state index is 0.0901. The van der Waals surface area contributed by atoms with Gasteiger partial charge in [0.25, 0.3) is 0 Å². The Morgan fingerprint density at radius 1 is 1.40 bits per heavy atom. The molecule has 0 amide bonds. The maximum absolute atomic E-state index is 12.1. The summed E-state index contributed by atoms with van der Waals surface area (Å²) in [5.41, 5.74) is 5.01. The highest BCUT2D eigenvalue weighted by Gasteiger charge is 2.36. The van der Waals surface area contributed by atoms with E-state index in [1.807, 2.05) is 0 Å². The van der Waals surface area contributed by atoms with E-state index in [0.717, 1.165) is 0 Å². The van der Waals surface area contributed by atoms with Crippen molar-refractivity contribution in [1.29, 1.82) is 0 Å². The predicted molar refractivity (Wildman–Crippen MR) is 50.9 cm³/mol. The van der Waals surface area contributed by atoms with Crippen molar-refractivity contribution in [2.75, 3.05) is 0 Å². The Balaban J connectivity index is 2.85. The lowest BCUT2D eigenvalue weighted by Crippen LogP contribution is -2.39. The number of rotatable bonds is 2. The zero-order chi connectivity index (χ0) is 11.6. The van der Waals surface area contributed by atoms with Gasteiger partial charge < -0.3 is 10.8 Å². The van der Waals surface area contributed by atoms with Crippen LogP contribution in [0.4, 0.5) is 13.2 Å². The highest BCUT2D eigenvalue weighted by Crippen LogP contribution is 2.27. The lowest BCUT2D eigenvalue weighted by atomic mass is 10.1. The first-order chi connectivity index (χ1) is 6.80. The van der Waals surface area contributed by atoms with Crippen molar-refractivity contribution in [3.63, 3.8) is 0 Å². The second-order valence-corrected chi connectivity index (χ2v) is 3.56. The smallest absolute Gasteiger partial charge is 0.403 e. The molecule has 84 valence electrons. The van der Waals surface area contributed by atoms with Crippen LogP contribution in [0.15, 0.2) is 18.2 Å². The molecule has 15 heavy (non-hydrogen) atoms. The maximum Gasteiger partial charge on any atom is 0.403 e. The second-order valence-electron chi connectivity index (χ2n) is 3.13. The van der Waals surface area contributed by atoms with Crippen LogP contribution in [0.3, 0.4) is 0 Å². The van der Waals surface area contributed by atoms with Gasteiger partial charge >= 0.3 is 6.18 Å². The average Bonchev–Trinajstić information content (AvgIpc) is 2.09. The molecule has 0 aliphatic heterocycles. The van der Waals surface area contributed by atoms with Crippen LogP contribution < -0.4 is 5.73 Å². The fourth-order valence-electron chi connectivity index (χ4n) is 1.07. The quantitative estimate of drug-likeness (QED) is 0.833. The summed E-state index contributed by atoms with van der Waals surface area (Å²) in [6.07, 6.45) is -4.97. The summed E-state index contributed by atoms with van der Waals surface area (Å²) in [7, 11) is 0. The third-order valence-corrected chi connectivity index (χ3v) is 2.14. The topological polar surface area (TPSA) is 46.2 Å². The largest absolute Gasteiger partial charge is 0.508 e. The molecular weight excluding hydrogens is 231 g/mol. The van der Waals surface area contributed by atoms with Crippen LogP contribution in [0, 0.1) is 0 Å². The molecule has 0 heterocycles. The van der Waals surface area contributed by atoms with Crippen LogP contribution in [0.5, 0.6) is 5.75 Å². The van der Waals surface area contributed by atoms with Crippen molar-refractivity contribution in [2.24, 2.45) is 5.73 Å². The summed E-state index contributed by atoms with van der Waals surface area (Å²) >= 11 is 5.58. The first kappa shape index (κ1) is 12.1. The molecule has 3 N–H and O–H groups in total. The zero-order valence-corrected chi connectivity index (χ0v) is 8.31. The van der Waals surface area contributed by atoms with Crippen molar-refractivity contribution in [3.05, 3.63) is 28.8 Å². The SMILES string of the molecule is NC(Cc1cc(Cl)ccc1O)C(F)(F)F. The molecule has 0 aromatic heterocycles. The van der Waals surface area contributed by atoms with Crippen LogP contribution in [0.1, 0.15) is 5.56 Å². The molecule has 6 heteroatoms. The predicted octanol–water partition coefficient (Wildman–Crippen LogP) is 2.48. The third kappa shape index (κ3) is 3.28. The van der Waals surface area contributed by atoms with Crippen LogP contribution in [0.2, 0.25) is 5.02 Å². The summed E-state index contributed by atoms with van der Waals surface area (Å²) in [6.45, 7) is 0. The van der Waals surface area contributed by atoms with E-state index in [1.165, 1.54) is 18.2 Å². The second kappa shape index (κ2) is 4.28. The van der Waals surface area contributed by atoms with Crippen LogP contribution >= 0.6 is 11.6 Å². The summed E-state index contributed by atoms with van der Waals surface area (Å²) in [5, 5.41) is 9.53. The maximum atomic E-state index is 12.1. The van der Waals surface area contributed by atoms with Gasteiger partial charge in [0.1, 0.15) is 11.8 Å². The van der Waals surface area contributed by atoms with Gasteiger partial charge in [-0.1, -0.05) is 11.6 Å². The molecule has 0 saturated heterocycles. The van der Waals surface area contributed by atoms with Gasteiger partial charge in [-0.15, -0.1) is 0 Å². The standard InChI is InChI=1S/C9H9ClF3NO/c10-6-1-2-7(15)5(3-6)4-8(14)9(11,12)13/h1-3,8,15H,4,14H2. The number of benzene rings is 1. The lowest BCUT2D eigenvalue weighted by Gasteiger charge is -2.16. The van der Waals surface area contributed by atoms with E-state index in [2.05, 4.69) is 0 Å². The Labute approximate surface area is 89.5 Å². The molecule has 1 atom stereocenters. The van der Waals surface area contributed by atoms with Gasteiger partial charge in [0.2, 0.25) is 0 Å². The Hall–Kier alpha value is -0.940. The first-order valence-corrected chi connectivity index (χ1v) is 4.48. The number of phenolic OH excluding ortho intramolecular Hbond substituents is 1. The summed E-state index contributed by atoms with van der Waals surface area (Å²) in [4.78, 5) is 0. The number of alkyl halides is 3. The van der Waals surface area contributed by atoms with E-state index in [1.54, 1.807) is 0 Å². The summed E-state index contributed by atoms with van der Waals surface area (Å²) < 4.78 is 36.4. The molecule has 1 unspecified atom stereocenters. The van der Waals surface area contributed by atoms with Gasteiger partial charge in [-0.05, 0) is 30.2 Å². The van der Waals surface area contributed by atoms with E-state index in [-0.39, 0.29) is 16.3 Å². The Bertz CT molecular complexity index is 354. The van der Waals surface area contributed by atoms with Gasteiger partial charge in [0.15, 0.2) is 0 Å². The van der Waals surface area contributed by atoms with Crippen molar-refractivity contribution in [1.82, 2.24) is 0 Å². The van der Waals surface area contributed by atoms with E-state index < -0.39 is 18.6 Å². The Kier molecular flexibility index (Phi) is 3.46. The van der Waals surface area contributed by atoms with E-state index >= 15 is 0 Å². The fraction of sp³-hybridized carbons (Fsp3) is 0.333. The number of hydrogen-bond donors (Lipinski definition) is 2. The van der Waals surface area contributed by atoms with Gasteiger partial charge in [-0.2, -0.15) is 13.2 Å². The highest BCUT2D eigenvalue weighted by atomic mass is 35.5. The molecule has 1 aromatic carbocycles. The lowest BCUT2D eigenvalue weighted by molar-refractivity contribution is -0.147. The number of halogens is 4. The van der Waals surface area contributed by atoms with Crippen LogP contribution in [-0.4, -0.2) is 17.3 Å². The fourth-order valence-corrected chi connectivity index (χ4v) is 1.26. The monoisotopic (exact) mass is 239 g/mol. The van der Waals surface area contributed by atoms with E-state index in [0.29, 0.717) is 0 Å². The van der Waals surface area contributed by atoms with E-state index in [4.69, 9.17) is 17.3 Å². The minimum atomic E-state index is -4.48. The third-order valence-electron chi connectivity index (χ3n) is 1.90. The number of hydrogen-bond acceptors (Lipinski definition) is 2. The summed E-state index contributed by atoms with van der Waals surface area (Å²) in [5.74, 6) is -0.237. The molecule has 0 aliphatic carbocycles. The van der Waals surface area contributed by atoms with Gasteiger partial charge in [0.05, 0.1) is 0 Å². The molecule has 1 aromatic rings. The molecule has 0 fully saturated rings. The summed E-state index contributed by atoms with van der Waals surface area (Å²) in [6, 6.07) is 1.89. The molecular formula is C9H9ClF3NO. The van der Waals surface area contributed by atoms with Crippen LogP contribution in [-0.2, 0) is 6.42 Å². The molecule has 0 aliphatic rings. The average molecular weight is 240 g/mol. The Morgan fingerprint density at radius 2 is 2.00 bits per heavy atom. The van der Waals surface area contributed by atoms with Crippen molar-refractivity contribution in [3.8, 4) is 5.75 Å². The number of phenols is 1. The normalized spacial score (nSPS) is 13.9. The number of nitrogens with two attached hydrogens (primary N) is 1.